The Morgan fingerprint density at radius 2 is 1.18 bits per heavy atom. The normalized spacial score (nSPS) is 43.1. The van der Waals surface area contributed by atoms with Gasteiger partial charge in [-0.15, -0.1) is 0 Å². The maximum absolute atomic E-state index is 9.06. The van der Waals surface area contributed by atoms with Crippen LogP contribution in [0.5, 0.6) is 0 Å². The smallest absolute Gasteiger partial charge is 0.108 e. The molecule has 0 saturated carbocycles. The number of aliphatic hydroxyl groups is 2. The second kappa shape index (κ2) is 4.70. The molecule has 68 valence electrons. The molecule has 1 aliphatic rings. The van der Waals surface area contributed by atoms with E-state index in [1.54, 1.807) is 13.8 Å². The van der Waals surface area contributed by atoms with Crippen molar-refractivity contribution in [3.63, 3.8) is 0 Å². The lowest BCUT2D eigenvalue weighted by atomic mass is 10.1. The van der Waals surface area contributed by atoms with Gasteiger partial charge in [0.15, 0.2) is 0 Å². The Morgan fingerprint density at radius 1 is 0.909 bits per heavy atom. The summed E-state index contributed by atoms with van der Waals surface area (Å²) in [4.78, 5) is 0. The van der Waals surface area contributed by atoms with Gasteiger partial charge in [0.1, 0.15) is 12.2 Å². The standard InChI is InChI=1S/C6H12O3.C2H6/c1-3-5(7)6(8)4(2)9-3;1-2/h3-8H,1-2H3;1-2H3/t3?,4?,5-,6?;/m0./s1. The molecule has 1 rings (SSSR count). The van der Waals surface area contributed by atoms with Crippen LogP contribution in [-0.4, -0.2) is 34.6 Å². The predicted octanol–water partition coefficient (Wildman–Crippen LogP) is 0.542. The predicted molar refractivity (Wildman–Crippen MR) is 43.4 cm³/mol. The quantitative estimate of drug-likeness (QED) is 0.546. The second-order valence-corrected chi connectivity index (χ2v) is 2.53. The minimum absolute atomic E-state index is 0.227. The van der Waals surface area contributed by atoms with Crippen LogP contribution in [0.1, 0.15) is 27.7 Å². The molecule has 3 heteroatoms. The Labute approximate surface area is 68.0 Å². The van der Waals surface area contributed by atoms with E-state index < -0.39 is 12.2 Å². The zero-order valence-electron chi connectivity index (χ0n) is 7.61. The van der Waals surface area contributed by atoms with Crippen LogP contribution in [0.3, 0.4) is 0 Å². The summed E-state index contributed by atoms with van der Waals surface area (Å²) in [6.45, 7) is 7.49. The summed E-state index contributed by atoms with van der Waals surface area (Å²) in [5.41, 5.74) is 0. The first-order valence-electron chi connectivity index (χ1n) is 4.14. The molecule has 1 aliphatic heterocycles. The van der Waals surface area contributed by atoms with E-state index in [0.717, 1.165) is 0 Å². The van der Waals surface area contributed by atoms with Gasteiger partial charge in [-0.2, -0.15) is 0 Å². The van der Waals surface area contributed by atoms with E-state index in [9.17, 15) is 0 Å². The first-order valence-corrected chi connectivity index (χ1v) is 4.14. The van der Waals surface area contributed by atoms with Crippen LogP contribution in [0, 0.1) is 0 Å². The fourth-order valence-electron chi connectivity index (χ4n) is 1.05. The highest BCUT2D eigenvalue weighted by Crippen LogP contribution is 2.19. The number of aliphatic hydroxyl groups excluding tert-OH is 2. The molecule has 3 unspecified atom stereocenters. The Bertz CT molecular complexity index is 93.5. The number of hydrogen-bond donors (Lipinski definition) is 2. The highest BCUT2D eigenvalue weighted by Gasteiger charge is 2.36. The number of hydrogen-bond acceptors (Lipinski definition) is 3. The van der Waals surface area contributed by atoms with Gasteiger partial charge in [-0.1, -0.05) is 13.8 Å². The third-order valence-electron chi connectivity index (χ3n) is 1.74. The zero-order valence-corrected chi connectivity index (χ0v) is 7.61. The molecule has 0 aromatic carbocycles. The molecule has 0 amide bonds. The molecule has 4 atom stereocenters. The Balaban J connectivity index is 0.000000461. The van der Waals surface area contributed by atoms with Crippen LogP contribution < -0.4 is 0 Å². The van der Waals surface area contributed by atoms with Crippen molar-refractivity contribution < 1.29 is 14.9 Å². The van der Waals surface area contributed by atoms with Crippen molar-refractivity contribution in [3.8, 4) is 0 Å². The molecule has 0 aliphatic carbocycles. The van der Waals surface area contributed by atoms with E-state index in [4.69, 9.17) is 14.9 Å². The lowest BCUT2D eigenvalue weighted by Crippen LogP contribution is -2.30. The van der Waals surface area contributed by atoms with Crippen molar-refractivity contribution in [2.45, 2.75) is 52.1 Å². The fourth-order valence-corrected chi connectivity index (χ4v) is 1.05. The summed E-state index contributed by atoms with van der Waals surface area (Å²) in [6, 6.07) is 0. The topological polar surface area (TPSA) is 49.7 Å². The molecule has 1 saturated heterocycles. The molecule has 11 heavy (non-hydrogen) atoms. The monoisotopic (exact) mass is 162 g/mol. The van der Waals surface area contributed by atoms with Crippen LogP contribution >= 0.6 is 0 Å². The van der Waals surface area contributed by atoms with E-state index >= 15 is 0 Å². The van der Waals surface area contributed by atoms with Crippen molar-refractivity contribution in [2.24, 2.45) is 0 Å². The largest absolute Gasteiger partial charge is 0.388 e. The van der Waals surface area contributed by atoms with Crippen LogP contribution in [-0.2, 0) is 4.74 Å². The summed E-state index contributed by atoms with van der Waals surface area (Å²) >= 11 is 0. The number of rotatable bonds is 0. The van der Waals surface area contributed by atoms with E-state index in [1.807, 2.05) is 13.8 Å². The van der Waals surface area contributed by atoms with Crippen LogP contribution in [0.15, 0.2) is 0 Å². The van der Waals surface area contributed by atoms with Gasteiger partial charge in [-0.05, 0) is 13.8 Å². The average molecular weight is 162 g/mol. The molecule has 0 aromatic heterocycles. The van der Waals surface area contributed by atoms with E-state index in [2.05, 4.69) is 0 Å². The minimum Gasteiger partial charge on any atom is -0.388 e. The molecule has 0 radical (unpaired) electrons. The van der Waals surface area contributed by atoms with Crippen LogP contribution in [0.4, 0.5) is 0 Å². The SMILES string of the molecule is CC.CC1OC(C)[C@H](O)C1O. The van der Waals surface area contributed by atoms with Gasteiger partial charge in [-0.3, -0.25) is 0 Å². The highest BCUT2D eigenvalue weighted by atomic mass is 16.5. The van der Waals surface area contributed by atoms with Gasteiger partial charge in [0, 0.05) is 0 Å². The molecular formula is C8H18O3. The van der Waals surface area contributed by atoms with Crippen molar-refractivity contribution in [1.82, 2.24) is 0 Å². The van der Waals surface area contributed by atoms with Crippen molar-refractivity contribution in [2.75, 3.05) is 0 Å². The highest BCUT2D eigenvalue weighted by molar-refractivity contribution is 4.85. The Kier molecular flexibility index (Phi) is 4.65. The molecule has 0 bridgehead atoms. The summed E-state index contributed by atoms with van der Waals surface area (Å²) in [6.07, 6.45) is -1.87. The second-order valence-electron chi connectivity index (χ2n) is 2.53. The van der Waals surface area contributed by atoms with Gasteiger partial charge in [0.05, 0.1) is 12.2 Å². The molecule has 2 N–H and O–H groups in total. The Morgan fingerprint density at radius 3 is 1.27 bits per heavy atom. The summed E-state index contributed by atoms with van der Waals surface area (Å²) in [7, 11) is 0. The van der Waals surface area contributed by atoms with Crippen molar-refractivity contribution in [1.29, 1.82) is 0 Å². The summed E-state index contributed by atoms with van der Waals surface area (Å²) in [5.74, 6) is 0. The van der Waals surface area contributed by atoms with E-state index in [-0.39, 0.29) is 12.2 Å². The Hall–Kier alpha value is -0.120. The fraction of sp³-hybridized carbons (Fsp3) is 1.00. The maximum atomic E-state index is 9.06. The van der Waals surface area contributed by atoms with Crippen LogP contribution in [0.2, 0.25) is 0 Å². The van der Waals surface area contributed by atoms with Gasteiger partial charge >= 0.3 is 0 Å². The first-order chi connectivity index (χ1) is 5.13. The average Bonchev–Trinajstić information content (AvgIpc) is 2.22. The molecular weight excluding hydrogens is 144 g/mol. The molecule has 0 spiro atoms. The lowest BCUT2D eigenvalue weighted by Gasteiger charge is -2.08. The molecule has 1 fully saturated rings. The molecule has 3 nitrogen and oxygen atoms in total. The third kappa shape index (κ3) is 2.43. The van der Waals surface area contributed by atoms with E-state index in [1.165, 1.54) is 0 Å². The summed E-state index contributed by atoms with van der Waals surface area (Å²) in [5, 5.41) is 18.1. The van der Waals surface area contributed by atoms with Crippen molar-refractivity contribution in [3.05, 3.63) is 0 Å². The first kappa shape index (κ1) is 10.9. The van der Waals surface area contributed by atoms with Gasteiger partial charge in [-0.25, -0.2) is 0 Å². The zero-order chi connectivity index (χ0) is 9.02. The number of ether oxygens (including phenoxy) is 1. The van der Waals surface area contributed by atoms with Crippen LogP contribution in [0.25, 0.3) is 0 Å². The van der Waals surface area contributed by atoms with Gasteiger partial charge in [0.25, 0.3) is 0 Å². The van der Waals surface area contributed by atoms with E-state index in [0.29, 0.717) is 0 Å². The molecule has 1 heterocycles. The minimum atomic E-state index is -0.708. The summed E-state index contributed by atoms with van der Waals surface area (Å²) < 4.78 is 5.09. The van der Waals surface area contributed by atoms with Crippen molar-refractivity contribution >= 4 is 0 Å². The van der Waals surface area contributed by atoms with Gasteiger partial charge < -0.3 is 14.9 Å². The molecule has 0 aromatic rings. The maximum Gasteiger partial charge on any atom is 0.108 e. The lowest BCUT2D eigenvalue weighted by molar-refractivity contribution is 0.0281. The third-order valence-corrected chi connectivity index (χ3v) is 1.74. The van der Waals surface area contributed by atoms with Gasteiger partial charge in [0.2, 0.25) is 0 Å².